The summed E-state index contributed by atoms with van der Waals surface area (Å²) in [5.41, 5.74) is 2.03. The summed E-state index contributed by atoms with van der Waals surface area (Å²) in [5, 5.41) is 11.6. The van der Waals surface area contributed by atoms with Crippen molar-refractivity contribution in [2.45, 2.75) is 45.1 Å². The van der Waals surface area contributed by atoms with E-state index in [1.165, 1.54) is 25.7 Å². The van der Waals surface area contributed by atoms with Crippen LogP contribution in [-0.4, -0.2) is 16.2 Å². The van der Waals surface area contributed by atoms with Crippen molar-refractivity contribution >= 4 is 10.9 Å². The Hall–Kier alpha value is -1.41. The number of benzene rings is 1. The molecule has 1 aromatic carbocycles. The Balaban J connectivity index is 1.69. The molecule has 1 saturated carbocycles. The third-order valence-electron chi connectivity index (χ3n) is 4.78. The van der Waals surface area contributed by atoms with Crippen molar-refractivity contribution in [3.8, 4) is 0 Å². The van der Waals surface area contributed by atoms with Gasteiger partial charge in [-0.15, -0.1) is 0 Å². The van der Waals surface area contributed by atoms with Crippen LogP contribution in [0, 0.1) is 11.8 Å². The van der Waals surface area contributed by atoms with Crippen molar-refractivity contribution < 1.29 is 5.11 Å². The highest BCUT2D eigenvalue weighted by molar-refractivity contribution is 5.78. The maximum absolute atomic E-state index is 10.4. The molecule has 0 aliphatic heterocycles. The summed E-state index contributed by atoms with van der Waals surface area (Å²) in [7, 11) is 0. The smallest absolute Gasteiger partial charge is 0.0705 e. The quantitative estimate of drug-likeness (QED) is 0.911. The Morgan fingerprint density at radius 2 is 2.05 bits per heavy atom. The first-order valence-corrected chi connectivity index (χ1v) is 7.79. The molecule has 1 heterocycles. The molecule has 1 aliphatic carbocycles. The largest absolute Gasteiger partial charge is 0.392 e. The molecule has 1 aliphatic rings. The predicted molar refractivity (Wildman–Crippen MR) is 82.6 cm³/mol. The normalized spacial score (nSPS) is 24.1. The van der Waals surface area contributed by atoms with Crippen LogP contribution in [0.25, 0.3) is 10.9 Å². The highest BCUT2D eigenvalue weighted by Gasteiger charge is 2.29. The SMILES string of the molecule is CCC1CCC(C(O)Cc2ccc3ccccc3n2)C1. The number of hydrogen-bond acceptors (Lipinski definition) is 2. The van der Waals surface area contributed by atoms with Crippen molar-refractivity contribution in [3.05, 3.63) is 42.1 Å². The Bertz CT molecular complexity index is 580. The molecule has 3 unspecified atom stereocenters. The van der Waals surface area contributed by atoms with Gasteiger partial charge in [0.1, 0.15) is 0 Å². The average Bonchev–Trinajstić information content (AvgIpc) is 2.96. The van der Waals surface area contributed by atoms with Gasteiger partial charge < -0.3 is 5.11 Å². The molecule has 106 valence electrons. The summed E-state index contributed by atoms with van der Waals surface area (Å²) >= 11 is 0. The van der Waals surface area contributed by atoms with Gasteiger partial charge in [-0.1, -0.05) is 44.0 Å². The van der Waals surface area contributed by atoms with Gasteiger partial charge in [-0.05, 0) is 36.8 Å². The summed E-state index contributed by atoms with van der Waals surface area (Å²) in [6, 6.07) is 12.3. The third-order valence-corrected chi connectivity index (χ3v) is 4.78. The number of hydrogen-bond donors (Lipinski definition) is 1. The predicted octanol–water partition coefficient (Wildman–Crippen LogP) is 3.96. The van der Waals surface area contributed by atoms with Crippen LogP contribution in [0.15, 0.2) is 36.4 Å². The highest BCUT2D eigenvalue weighted by Crippen LogP contribution is 2.35. The molecule has 3 rings (SSSR count). The molecule has 1 aromatic heterocycles. The topological polar surface area (TPSA) is 33.1 Å². The van der Waals surface area contributed by atoms with Gasteiger partial charge in [0.25, 0.3) is 0 Å². The number of aromatic nitrogens is 1. The van der Waals surface area contributed by atoms with E-state index in [0.29, 0.717) is 12.3 Å². The Labute approximate surface area is 120 Å². The van der Waals surface area contributed by atoms with Crippen LogP contribution in [0.1, 0.15) is 38.3 Å². The molecule has 20 heavy (non-hydrogen) atoms. The first-order chi connectivity index (χ1) is 9.76. The zero-order valence-electron chi connectivity index (χ0n) is 12.1. The summed E-state index contributed by atoms with van der Waals surface area (Å²) in [5.74, 6) is 1.28. The van der Waals surface area contributed by atoms with E-state index in [2.05, 4.69) is 30.1 Å². The Kier molecular flexibility index (Phi) is 4.02. The van der Waals surface area contributed by atoms with Gasteiger partial charge in [0.15, 0.2) is 0 Å². The maximum atomic E-state index is 10.4. The lowest BCUT2D eigenvalue weighted by Crippen LogP contribution is -2.21. The number of fused-ring (bicyclic) bond motifs is 1. The molecule has 2 aromatic rings. The molecule has 3 atom stereocenters. The number of aliphatic hydroxyl groups is 1. The van der Waals surface area contributed by atoms with Crippen LogP contribution in [-0.2, 0) is 6.42 Å². The fraction of sp³-hybridized carbons (Fsp3) is 0.500. The van der Waals surface area contributed by atoms with Crippen molar-refractivity contribution in [1.82, 2.24) is 4.98 Å². The van der Waals surface area contributed by atoms with Crippen molar-refractivity contribution in [2.24, 2.45) is 11.8 Å². The van der Waals surface area contributed by atoms with Gasteiger partial charge in [-0.3, -0.25) is 4.98 Å². The van der Waals surface area contributed by atoms with E-state index in [4.69, 9.17) is 0 Å². The second-order valence-electron chi connectivity index (χ2n) is 6.11. The molecule has 0 saturated heterocycles. The second kappa shape index (κ2) is 5.92. The number of rotatable bonds is 4. The van der Waals surface area contributed by atoms with E-state index in [-0.39, 0.29) is 6.10 Å². The number of aliphatic hydroxyl groups excluding tert-OH is 1. The van der Waals surface area contributed by atoms with Crippen molar-refractivity contribution in [2.75, 3.05) is 0 Å². The van der Waals surface area contributed by atoms with Crippen LogP contribution in [0.2, 0.25) is 0 Å². The molecule has 0 spiro atoms. The van der Waals surface area contributed by atoms with E-state index in [1.807, 2.05) is 18.2 Å². The van der Waals surface area contributed by atoms with Gasteiger partial charge in [0.05, 0.1) is 11.6 Å². The van der Waals surface area contributed by atoms with Crippen LogP contribution < -0.4 is 0 Å². The van der Waals surface area contributed by atoms with E-state index in [1.54, 1.807) is 0 Å². The minimum Gasteiger partial charge on any atom is -0.392 e. The fourth-order valence-corrected chi connectivity index (χ4v) is 3.44. The monoisotopic (exact) mass is 269 g/mol. The molecular weight excluding hydrogens is 246 g/mol. The minimum atomic E-state index is -0.236. The van der Waals surface area contributed by atoms with E-state index in [9.17, 15) is 5.11 Å². The lowest BCUT2D eigenvalue weighted by Gasteiger charge is -2.18. The first kappa shape index (κ1) is 13.6. The maximum Gasteiger partial charge on any atom is 0.0705 e. The summed E-state index contributed by atoms with van der Waals surface area (Å²) < 4.78 is 0. The lowest BCUT2D eigenvalue weighted by atomic mass is 9.94. The van der Waals surface area contributed by atoms with Crippen LogP contribution in [0.5, 0.6) is 0 Å². The van der Waals surface area contributed by atoms with Crippen LogP contribution >= 0.6 is 0 Å². The van der Waals surface area contributed by atoms with Gasteiger partial charge in [-0.25, -0.2) is 0 Å². The van der Waals surface area contributed by atoms with Crippen molar-refractivity contribution in [3.63, 3.8) is 0 Å². The van der Waals surface area contributed by atoms with E-state index >= 15 is 0 Å². The first-order valence-electron chi connectivity index (χ1n) is 7.79. The molecular formula is C18H23NO. The van der Waals surface area contributed by atoms with Crippen LogP contribution in [0.4, 0.5) is 0 Å². The van der Waals surface area contributed by atoms with Gasteiger partial charge in [0, 0.05) is 17.5 Å². The summed E-state index contributed by atoms with van der Waals surface area (Å²) in [4.78, 5) is 4.67. The summed E-state index contributed by atoms with van der Waals surface area (Å²) in [6.45, 7) is 2.25. The average molecular weight is 269 g/mol. The molecule has 0 bridgehead atoms. The molecule has 0 amide bonds. The minimum absolute atomic E-state index is 0.236. The lowest BCUT2D eigenvalue weighted by molar-refractivity contribution is 0.107. The Morgan fingerprint density at radius 3 is 2.85 bits per heavy atom. The molecule has 2 nitrogen and oxygen atoms in total. The molecule has 1 N–H and O–H groups in total. The van der Waals surface area contributed by atoms with Gasteiger partial charge in [0.2, 0.25) is 0 Å². The van der Waals surface area contributed by atoms with E-state index < -0.39 is 0 Å². The Morgan fingerprint density at radius 1 is 1.20 bits per heavy atom. The number of nitrogens with zero attached hydrogens (tertiary/aromatic N) is 1. The van der Waals surface area contributed by atoms with E-state index in [0.717, 1.165) is 22.5 Å². The van der Waals surface area contributed by atoms with Crippen LogP contribution in [0.3, 0.4) is 0 Å². The fourth-order valence-electron chi connectivity index (χ4n) is 3.44. The molecule has 2 heteroatoms. The summed E-state index contributed by atoms with van der Waals surface area (Å²) in [6.07, 6.45) is 5.34. The van der Waals surface area contributed by atoms with Gasteiger partial charge in [-0.2, -0.15) is 0 Å². The zero-order chi connectivity index (χ0) is 13.9. The number of para-hydroxylation sites is 1. The van der Waals surface area contributed by atoms with Crippen molar-refractivity contribution in [1.29, 1.82) is 0 Å². The third kappa shape index (κ3) is 2.85. The molecule has 0 radical (unpaired) electrons. The number of pyridine rings is 1. The van der Waals surface area contributed by atoms with Gasteiger partial charge >= 0.3 is 0 Å². The zero-order valence-corrected chi connectivity index (χ0v) is 12.1. The highest BCUT2D eigenvalue weighted by atomic mass is 16.3. The standard InChI is InChI=1S/C18H23NO/c1-2-13-7-8-15(11-13)18(20)12-16-10-9-14-5-3-4-6-17(14)19-16/h3-6,9-10,13,15,18,20H,2,7-8,11-12H2,1H3. The second-order valence-corrected chi connectivity index (χ2v) is 6.11. The molecule has 1 fully saturated rings.